The van der Waals surface area contributed by atoms with E-state index in [4.69, 9.17) is 17.3 Å². The second-order valence-electron chi connectivity index (χ2n) is 5.67. The van der Waals surface area contributed by atoms with Gasteiger partial charge in [-0.1, -0.05) is 29.8 Å². The highest BCUT2D eigenvalue weighted by molar-refractivity contribution is 6.36. The monoisotopic (exact) mass is 363 g/mol. The van der Waals surface area contributed by atoms with Crippen molar-refractivity contribution in [2.24, 2.45) is 0 Å². The molecule has 0 aliphatic carbocycles. The van der Waals surface area contributed by atoms with Crippen LogP contribution < -0.4 is 11.1 Å². The molecule has 26 heavy (non-hydrogen) atoms. The highest BCUT2D eigenvalue weighted by Gasteiger charge is 2.15. The molecule has 0 aliphatic rings. The number of nitrogens with two attached hydrogens (primary N) is 1. The molecular formula is C19H14ClN5O. The highest BCUT2D eigenvalue weighted by atomic mass is 35.5. The molecule has 0 atom stereocenters. The van der Waals surface area contributed by atoms with E-state index in [-0.39, 0.29) is 10.7 Å². The summed E-state index contributed by atoms with van der Waals surface area (Å²) in [4.78, 5) is 20.8. The van der Waals surface area contributed by atoms with Crippen LogP contribution in [0, 0.1) is 0 Å². The Morgan fingerprint density at radius 2 is 1.88 bits per heavy atom. The van der Waals surface area contributed by atoms with Crippen LogP contribution in [0.1, 0.15) is 10.5 Å². The average molecular weight is 364 g/mol. The van der Waals surface area contributed by atoms with Crippen molar-refractivity contribution in [3.8, 4) is 5.69 Å². The molecular weight excluding hydrogens is 350 g/mol. The smallest absolute Gasteiger partial charge is 0.275 e. The molecule has 0 spiro atoms. The van der Waals surface area contributed by atoms with Gasteiger partial charge in [0.25, 0.3) is 5.91 Å². The average Bonchev–Trinajstić information content (AvgIpc) is 3.08. The largest absolute Gasteiger partial charge is 0.397 e. The molecule has 1 amide bonds. The lowest BCUT2D eigenvalue weighted by Crippen LogP contribution is -2.14. The predicted octanol–water partition coefficient (Wildman–Crippen LogP) is 3.91. The van der Waals surface area contributed by atoms with Crippen LogP contribution in [-0.4, -0.2) is 20.4 Å². The number of aromatic nitrogens is 3. The van der Waals surface area contributed by atoms with Gasteiger partial charge in [-0.15, -0.1) is 0 Å². The number of nitrogen functional groups attached to an aromatic ring is 1. The van der Waals surface area contributed by atoms with Crippen molar-refractivity contribution in [1.82, 2.24) is 14.5 Å². The number of hydrogen-bond acceptors (Lipinski definition) is 4. The SMILES string of the molecule is Nc1ccnc(C(=O)Nc2ccc3c(c2)ncn3-c2ccccc2)c1Cl. The summed E-state index contributed by atoms with van der Waals surface area (Å²) < 4.78 is 1.98. The second kappa shape index (κ2) is 6.50. The third-order valence-electron chi connectivity index (χ3n) is 3.97. The number of rotatable bonds is 3. The van der Waals surface area contributed by atoms with E-state index >= 15 is 0 Å². The first-order valence-corrected chi connectivity index (χ1v) is 8.25. The number of amides is 1. The summed E-state index contributed by atoms with van der Waals surface area (Å²) in [5.41, 5.74) is 9.43. The summed E-state index contributed by atoms with van der Waals surface area (Å²) in [5, 5.41) is 2.92. The van der Waals surface area contributed by atoms with E-state index in [0.717, 1.165) is 16.7 Å². The lowest BCUT2D eigenvalue weighted by molar-refractivity contribution is 0.102. The third kappa shape index (κ3) is 2.87. The van der Waals surface area contributed by atoms with Gasteiger partial charge < -0.3 is 11.1 Å². The van der Waals surface area contributed by atoms with Gasteiger partial charge >= 0.3 is 0 Å². The van der Waals surface area contributed by atoms with Crippen molar-refractivity contribution in [2.45, 2.75) is 0 Å². The summed E-state index contributed by atoms with van der Waals surface area (Å²) in [7, 11) is 0. The molecule has 0 saturated carbocycles. The molecule has 3 N–H and O–H groups in total. The maximum absolute atomic E-state index is 12.4. The Morgan fingerprint density at radius 1 is 1.08 bits per heavy atom. The van der Waals surface area contributed by atoms with Crippen molar-refractivity contribution in [1.29, 1.82) is 0 Å². The molecule has 0 fully saturated rings. The number of carbonyl (C=O) groups excluding carboxylic acids is 1. The maximum Gasteiger partial charge on any atom is 0.275 e. The molecule has 2 aromatic heterocycles. The minimum Gasteiger partial charge on any atom is -0.397 e. The molecule has 2 aromatic carbocycles. The Bertz CT molecular complexity index is 1110. The molecule has 0 unspecified atom stereocenters. The Labute approximate surface area is 154 Å². The number of hydrogen-bond donors (Lipinski definition) is 2. The van der Waals surface area contributed by atoms with Gasteiger partial charge in [-0.2, -0.15) is 0 Å². The highest BCUT2D eigenvalue weighted by Crippen LogP contribution is 2.24. The zero-order valence-corrected chi connectivity index (χ0v) is 14.3. The predicted molar refractivity (Wildman–Crippen MR) is 103 cm³/mol. The molecule has 0 radical (unpaired) electrons. The number of halogens is 1. The minimum atomic E-state index is -0.427. The number of fused-ring (bicyclic) bond motifs is 1. The summed E-state index contributed by atoms with van der Waals surface area (Å²) in [6.07, 6.45) is 3.20. The zero-order valence-electron chi connectivity index (χ0n) is 13.6. The summed E-state index contributed by atoms with van der Waals surface area (Å²) in [6, 6.07) is 17.0. The molecule has 0 bridgehead atoms. The summed E-state index contributed by atoms with van der Waals surface area (Å²) in [6.45, 7) is 0. The van der Waals surface area contributed by atoms with E-state index in [0.29, 0.717) is 11.4 Å². The van der Waals surface area contributed by atoms with Crippen LogP contribution in [0.25, 0.3) is 16.7 Å². The van der Waals surface area contributed by atoms with Gasteiger partial charge in [0.15, 0.2) is 0 Å². The Balaban J connectivity index is 1.64. The molecule has 4 aromatic rings. The fraction of sp³-hybridized carbons (Fsp3) is 0. The van der Waals surface area contributed by atoms with Crippen LogP contribution in [0.15, 0.2) is 67.1 Å². The van der Waals surface area contributed by atoms with Gasteiger partial charge in [-0.25, -0.2) is 9.97 Å². The van der Waals surface area contributed by atoms with Crippen molar-refractivity contribution in [3.05, 3.63) is 77.8 Å². The number of benzene rings is 2. The number of nitrogens with zero attached hydrogens (tertiary/aromatic N) is 3. The first-order chi connectivity index (χ1) is 12.6. The molecule has 4 rings (SSSR count). The summed E-state index contributed by atoms with van der Waals surface area (Å²) in [5.74, 6) is -0.427. The molecule has 7 heteroatoms. The third-order valence-corrected chi connectivity index (χ3v) is 4.37. The molecule has 2 heterocycles. The lowest BCUT2D eigenvalue weighted by Gasteiger charge is -2.08. The topological polar surface area (TPSA) is 85.8 Å². The number of carbonyl (C=O) groups is 1. The number of anilines is 2. The van der Waals surface area contributed by atoms with Crippen LogP contribution in [0.3, 0.4) is 0 Å². The van der Waals surface area contributed by atoms with Gasteiger partial charge in [0, 0.05) is 17.6 Å². The van der Waals surface area contributed by atoms with Crippen molar-refractivity contribution < 1.29 is 4.79 Å². The number of para-hydroxylation sites is 1. The van der Waals surface area contributed by atoms with E-state index in [2.05, 4.69) is 15.3 Å². The van der Waals surface area contributed by atoms with E-state index in [1.54, 1.807) is 18.5 Å². The minimum absolute atomic E-state index is 0.0848. The van der Waals surface area contributed by atoms with Crippen LogP contribution >= 0.6 is 11.6 Å². The fourth-order valence-corrected chi connectivity index (χ4v) is 2.89. The maximum atomic E-state index is 12.4. The lowest BCUT2D eigenvalue weighted by atomic mass is 10.2. The molecule has 6 nitrogen and oxygen atoms in total. The zero-order chi connectivity index (χ0) is 18.1. The number of nitrogens with one attached hydrogen (secondary N) is 1. The van der Waals surface area contributed by atoms with Gasteiger partial charge in [-0.3, -0.25) is 9.36 Å². The normalized spacial score (nSPS) is 10.8. The van der Waals surface area contributed by atoms with Gasteiger partial charge in [0.1, 0.15) is 12.0 Å². The quantitative estimate of drug-likeness (QED) is 0.578. The van der Waals surface area contributed by atoms with Gasteiger partial charge in [0.2, 0.25) is 0 Å². The van der Waals surface area contributed by atoms with Crippen molar-refractivity contribution >= 4 is 39.9 Å². The standard InChI is InChI=1S/C19H14ClN5O/c20-17-14(21)8-9-22-18(17)19(26)24-12-6-7-16-15(10-12)23-11-25(16)13-4-2-1-3-5-13/h1-11H,(H2,21,22)(H,24,26). The van der Waals surface area contributed by atoms with Crippen LogP contribution in [0.2, 0.25) is 5.02 Å². The Morgan fingerprint density at radius 3 is 2.69 bits per heavy atom. The number of imidazole rings is 1. The first kappa shape index (κ1) is 16.1. The van der Waals surface area contributed by atoms with Gasteiger partial charge in [-0.05, 0) is 36.4 Å². The van der Waals surface area contributed by atoms with E-state index < -0.39 is 5.91 Å². The van der Waals surface area contributed by atoms with Crippen molar-refractivity contribution in [2.75, 3.05) is 11.1 Å². The molecule has 0 saturated heterocycles. The van der Waals surface area contributed by atoms with Crippen LogP contribution in [0.4, 0.5) is 11.4 Å². The fourth-order valence-electron chi connectivity index (χ4n) is 2.69. The van der Waals surface area contributed by atoms with Crippen molar-refractivity contribution in [3.63, 3.8) is 0 Å². The number of pyridine rings is 1. The Hall–Kier alpha value is -3.38. The van der Waals surface area contributed by atoms with Crippen LogP contribution in [0.5, 0.6) is 0 Å². The first-order valence-electron chi connectivity index (χ1n) is 7.87. The molecule has 0 aliphatic heterocycles. The molecule has 128 valence electrons. The summed E-state index contributed by atoms with van der Waals surface area (Å²) >= 11 is 6.06. The Kier molecular flexibility index (Phi) is 4.02. The van der Waals surface area contributed by atoms with E-state index in [1.165, 1.54) is 6.20 Å². The van der Waals surface area contributed by atoms with E-state index in [1.807, 2.05) is 47.0 Å². The van der Waals surface area contributed by atoms with Crippen LogP contribution in [-0.2, 0) is 0 Å². The van der Waals surface area contributed by atoms with Gasteiger partial charge in [0.05, 0.1) is 21.7 Å². The van der Waals surface area contributed by atoms with E-state index in [9.17, 15) is 4.79 Å². The second-order valence-corrected chi connectivity index (χ2v) is 6.05.